The third kappa shape index (κ3) is 6.79. The van der Waals surface area contributed by atoms with Gasteiger partial charge in [0.05, 0.1) is 23.3 Å². The van der Waals surface area contributed by atoms with E-state index in [9.17, 15) is 4.79 Å². The number of carbonyl (C=O) groups excluding carboxylic acids is 1. The Kier molecular flexibility index (Phi) is 8.62. The molecule has 0 unspecified atom stereocenters. The van der Waals surface area contributed by atoms with Gasteiger partial charge in [0.1, 0.15) is 24.0 Å². The van der Waals surface area contributed by atoms with Gasteiger partial charge in [0.2, 0.25) is 11.0 Å². The maximum atomic E-state index is 11.9. The third-order valence-electron chi connectivity index (χ3n) is 4.13. The number of rotatable bonds is 10. The number of ether oxygens (including phenoxy) is 3. The molecule has 0 saturated heterocycles. The van der Waals surface area contributed by atoms with Crippen LogP contribution in [0.1, 0.15) is 16.1 Å². The highest BCUT2D eigenvalue weighted by molar-refractivity contribution is 14.1. The predicted octanol–water partition coefficient (Wildman–Crippen LogP) is 3.19. The van der Waals surface area contributed by atoms with Crippen molar-refractivity contribution in [1.82, 2.24) is 15.6 Å². The first kappa shape index (κ1) is 23.7. The monoisotopic (exact) mass is 567 g/mol. The molecule has 3 N–H and O–H groups in total. The minimum absolute atomic E-state index is 0.0599. The molecule has 0 spiro atoms. The van der Waals surface area contributed by atoms with Crippen LogP contribution < -0.4 is 25.4 Å². The highest BCUT2D eigenvalue weighted by Gasteiger charge is 2.12. The lowest BCUT2D eigenvalue weighted by Crippen LogP contribution is -2.19. The predicted molar refractivity (Wildman–Crippen MR) is 132 cm³/mol. The Morgan fingerprint density at radius 2 is 2.00 bits per heavy atom. The first-order valence-corrected chi connectivity index (χ1v) is 11.4. The van der Waals surface area contributed by atoms with Crippen molar-refractivity contribution in [1.29, 1.82) is 0 Å². The minimum atomic E-state index is -0.312. The van der Waals surface area contributed by atoms with E-state index in [-0.39, 0.29) is 12.3 Å². The van der Waals surface area contributed by atoms with E-state index in [0.717, 1.165) is 31.8 Å². The molecule has 1 aromatic heterocycles. The fourth-order valence-electron chi connectivity index (χ4n) is 2.66. The number of nitrogens with two attached hydrogens (primary N) is 1. The molecule has 1 heterocycles. The van der Waals surface area contributed by atoms with Gasteiger partial charge in [-0.25, -0.2) is 5.43 Å². The van der Waals surface area contributed by atoms with Crippen LogP contribution in [0.25, 0.3) is 0 Å². The number of nitrogens with one attached hydrogen (secondary N) is 1. The number of hydrazone groups is 1. The van der Waals surface area contributed by atoms with Crippen LogP contribution in [0.5, 0.6) is 17.2 Å². The zero-order valence-electron chi connectivity index (χ0n) is 17.5. The summed E-state index contributed by atoms with van der Waals surface area (Å²) in [5.74, 6) is 1.70. The fourth-order valence-corrected chi connectivity index (χ4v) is 4.05. The molecular formula is C21H22IN5O4S. The number of nitrogens with zero attached hydrogens (tertiary/aromatic N) is 3. The lowest BCUT2D eigenvalue weighted by molar-refractivity contribution is -0.120. The van der Waals surface area contributed by atoms with Crippen LogP contribution >= 0.6 is 33.9 Å². The van der Waals surface area contributed by atoms with Gasteiger partial charge >= 0.3 is 0 Å². The van der Waals surface area contributed by atoms with Crippen LogP contribution in [0.4, 0.5) is 5.13 Å². The topological polar surface area (TPSA) is 121 Å². The first-order chi connectivity index (χ1) is 15.5. The van der Waals surface area contributed by atoms with Crippen molar-refractivity contribution in [2.24, 2.45) is 5.10 Å². The summed E-state index contributed by atoms with van der Waals surface area (Å²) in [6.45, 7) is 2.76. The van der Waals surface area contributed by atoms with Crippen LogP contribution in [-0.4, -0.2) is 42.6 Å². The molecule has 0 atom stereocenters. The number of halogens is 1. The van der Waals surface area contributed by atoms with Crippen LogP contribution in [0.3, 0.4) is 0 Å². The summed E-state index contributed by atoms with van der Waals surface area (Å²) in [6.07, 6.45) is 1.59. The number of hydrogen-bond donors (Lipinski definition) is 2. The van der Waals surface area contributed by atoms with E-state index in [4.69, 9.17) is 19.9 Å². The summed E-state index contributed by atoms with van der Waals surface area (Å²) >= 11 is 3.33. The Balaban J connectivity index is 1.54. The summed E-state index contributed by atoms with van der Waals surface area (Å²) in [6, 6.07) is 11.5. The number of amides is 1. The van der Waals surface area contributed by atoms with Gasteiger partial charge in [0, 0.05) is 0 Å². The van der Waals surface area contributed by atoms with Crippen molar-refractivity contribution in [2.75, 3.05) is 26.1 Å². The van der Waals surface area contributed by atoms with E-state index in [1.807, 2.05) is 37.3 Å². The molecule has 0 saturated carbocycles. The van der Waals surface area contributed by atoms with Crippen molar-refractivity contribution in [3.8, 4) is 17.2 Å². The molecule has 11 heteroatoms. The SMILES string of the molecule is COc1cc(C=NNC(=O)Cc2nnc(N)s2)cc(I)c1OCCOc1ccccc1C. The average Bonchev–Trinajstić information content (AvgIpc) is 3.17. The maximum absolute atomic E-state index is 11.9. The molecule has 3 rings (SSSR count). The smallest absolute Gasteiger partial charge is 0.247 e. The lowest BCUT2D eigenvalue weighted by Gasteiger charge is -2.14. The summed E-state index contributed by atoms with van der Waals surface area (Å²) in [4.78, 5) is 11.9. The van der Waals surface area contributed by atoms with Gasteiger partial charge in [-0.3, -0.25) is 4.79 Å². The van der Waals surface area contributed by atoms with Crippen LogP contribution in [0, 0.1) is 10.5 Å². The molecule has 3 aromatic rings. The summed E-state index contributed by atoms with van der Waals surface area (Å²) < 4.78 is 18.0. The zero-order valence-corrected chi connectivity index (χ0v) is 20.5. The summed E-state index contributed by atoms with van der Waals surface area (Å²) in [5.41, 5.74) is 9.79. The number of nitrogen functional groups attached to an aromatic ring is 1. The Labute approximate surface area is 203 Å². The van der Waals surface area contributed by atoms with Crippen molar-refractivity contribution >= 4 is 51.2 Å². The van der Waals surface area contributed by atoms with Crippen molar-refractivity contribution in [3.05, 3.63) is 56.1 Å². The number of anilines is 1. The molecule has 0 radical (unpaired) electrons. The molecule has 0 aliphatic rings. The van der Waals surface area contributed by atoms with Gasteiger partial charge in [0.15, 0.2) is 11.5 Å². The Morgan fingerprint density at radius 1 is 1.22 bits per heavy atom. The standard InChI is InChI=1S/C21H22IN5O4S/c1-13-5-3-4-6-16(13)30-7-8-31-20-15(22)9-14(10-17(20)29-2)12-24-25-18(28)11-19-26-27-21(23)32-19/h3-6,9-10,12H,7-8,11H2,1-2H3,(H2,23,27)(H,25,28). The molecule has 0 bridgehead atoms. The van der Waals surface area contributed by atoms with Crippen molar-refractivity contribution < 1.29 is 19.0 Å². The number of carbonyl (C=O) groups is 1. The first-order valence-electron chi connectivity index (χ1n) is 9.54. The molecular weight excluding hydrogens is 545 g/mol. The van der Waals surface area contributed by atoms with Crippen molar-refractivity contribution in [3.63, 3.8) is 0 Å². The van der Waals surface area contributed by atoms with Crippen LogP contribution in [0.2, 0.25) is 0 Å². The maximum Gasteiger partial charge on any atom is 0.247 e. The number of benzene rings is 2. The molecule has 0 fully saturated rings. The molecule has 2 aromatic carbocycles. The normalized spacial score (nSPS) is 10.8. The van der Waals surface area contributed by atoms with E-state index in [2.05, 4.69) is 43.3 Å². The minimum Gasteiger partial charge on any atom is -0.493 e. The van der Waals surface area contributed by atoms with E-state index < -0.39 is 0 Å². The largest absolute Gasteiger partial charge is 0.493 e. The second kappa shape index (κ2) is 11.6. The number of hydrogen-bond acceptors (Lipinski definition) is 9. The molecule has 168 valence electrons. The van der Waals surface area contributed by atoms with E-state index in [1.54, 1.807) is 13.2 Å². The Morgan fingerprint density at radius 3 is 2.72 bits per heavy atom. The molecule has 9 nitrogen and oxygen atoms in total. The Hall–Kier alpha value is -2.93. The number of aromatic nitrogens is 2. The van der Waals surface area contributed by atoms with Gasteiger partial charge in [-0.15, -0.1) is 10.2 Å². The zero-order chi connectivity index (χ0) is 22.9. The lowest BCUT2D eigenvalue weighted by atomic mass is 10.2. The number of aryl methyl sites for hydroxylation is 1. The highest BCUT2D eigenvalue weighted by atomic mass is 127. The molecule has 32 heavy (non-hydrogen) atoms. The quantitative estimate of drug-likeness (QED) is 0.167. The van der Waals surface area contributed by atoms with Gasteiger partial charge in [0.25, 0.3) is 0 Å². The van der Waals surface area contributed by atoms with E-state index >= 15 is 0 Å². The van der Waals surface area contributed by atoms with Gasteiger partial charge < -0.3 is 19.9 Å². The second-order valence-electron chi connectivity index (χ2n) is 6.50. The Bertz CT molecular complexity index is 1110. The van der Waals surface area contributed by atoms with Crippen molar-refractivity contribution in [2.45, 2.75) is 13.3 Å². The number of para-hydroxylation sites is 1. The summed E-state index contributed by atoms with van der Waals surface area (Å²) in [7, 11) is 1.57. The second-order valence-corrected chi connectivity index (χ2v) is 8.76. The highest BCUT2D eigenvalue weighted by Crippen LogP contribution is 2.33. The van der Waals surface area contributed by atoms with Gasteiger partial charge in [-0.05, 0) is 58.8 Å². The molecule has 0 aliphatic carbocycles. The van der Waals surface area contributed by atoms with Crippen LogP contribution in [0.15, 0.2) is 41.5 Å². The summed E-state index contributed by atoms with van der Waals surface area (Å²) in [5, 5.41) is 12.3. The third-order valence-corrected chi connectivity index (χ3v) is 5.68. The molecule has 1 amide bonds. The number of methoxy groups -OCH3 is 1. The van der Waals surface area contributed by atoms with Crippen LogP contribution in [-0.2, 0) is 11.2 Å². The molecule has 0 aliphatic heterocycles. The average molecular weight is 567 g/mol. The van der Waals surface area contributed by atoms with Gasteiger partial charge in [-0.1, -0.05) is 29.5 Å². The van der Waals surface area contributed by atoms with E-state index in [1.165, 1.54) is 6.21 Å². The fraction of sp³-hybridized carbons (Fsp3) is 0.238. The van der Waals surface area contributed by atoms with E-state index in [0.29, 0.717) is 34.9 Å². The van der Waals surface area contributed by atoms with Gasteiger partial charge in [-0.2, -0.15) is 5.10 Å².